The number of benzene rings is 2. The summed E-state index contributed by atoms with van der Waals surface area (Å²) in [5.41, 5.74) is 1.45. The Kier molecular flexibility index (Phi) is 8.28. The fourth-order valence-corrected chi connectivity index (χ4v) is 4.61. The lowest BCUT2D eigenvalue weighted by Crippen LogP contribution is -2.37. The molecule has 1 aromatic heterocycles. The first-order valence-electron chi connectivity index (χ1n) is 11.1. The topological polar surface area (TPSA) is 97.6 Å². The van der Waals surface area contributed by atoms with E-state index in [4.69, 9.17) is 44.1 Å². The van der Waals surface area contributed by atoms with Crippen LogP contribution in [0.5, 0.6) is 0 Å². The van der Waals surface area contributed by atoms with Crippen LogP contribution >= 0.6 is 34.8 Å². The van der Waals surface area contributed by atoms with E-state index in [0.29, 0.717) is 65.5 Å². The monoisotopic (exact) mass is 536 g/mol. The van der Waals surface area contributed by atoms with Gasteiger partial charge in [0.05, 0.1) is 28.8 Å². The first kappa shape index (κ1) is 25.4. The van der Waals surface area contributed by atoms with E-state index < -0.39 is 5.97 Å². The van der Waals surface area contributed by atoms with Crippen molar-refractivity contribution in [3.63, 3.8) is 0 Å². The minimum absolute atomic E-state index is 0.0814. The van der Waals surface area contributed by atoms with Crippen LogP contribution in [0.2, 0.25) is 15.1 Å². The summed E-state index contributed by atoms with van der Waals surface area (Å²) in [6.45, 7) is 3.89. The predicted molar refractivity (Wildman–Crippen MR) is 134 cm³/mol. The van der Waals surface area contributed by atoms with Crippen LogP contribution in [0.15, 0.2) is 40.9 Å². The molecule has 0 aliphatic carbocycles. The van der Waals surface area contributed by atoms with Crippen LogP contribution in [0, 0.1) is 5.92 Å². The average molecular weight is 538 g/mol. The third-order valence-corrected chi connectivity index (χ3v) is 6.55. The second kappa shape index (κ2) is 11.4. The number of anilines is 1. The number of amides is 1. The number of rotatable bonds is 7. The van der Waals surface area contributed by atoms with Crippen molar-refractivity contribution in [2.75, 3.05) is 25.0 Å². The van der Waals surface area contributed by atoms with Gasteiger partial charge >= 0.3 is 5.97 Å². The number of aromatic nitrogens is 2. The van der Waals surface area contributed by atoms with Gasteiger partial charge in [-0.05, 0) is 69.3 Å². The molecule has 1 N–H and O–H groups in total. The number of halogens is 3. The highest BCUT2D eigenvalue weighted by atomic mass is 35.5. The van der Waals surface area contributed by atoms with Gasteiger partial charge in [0.15, 0.2) is 0 Å². The molecule has 1 saturated heterocycles. The van der Waals surface area contributed by atoms with E-state index in [-0.39, 0.29) is 29.0 Å². The number of nitrogens with one attached hydrogen (secondary N) is 1. The maximum Gasteiger partial charge on any atom is 0.339 e. The zero-order valence-electron chi connectivity index (χ0n) is 18.9. The first-order valence-corrected chi connectivity index (χ1v) is 12.2. The molecule has 2 heterocycles. The number of nitrogens with zero attached hydrogens (tertiary/aromatic N) is 3. The molecule has 2 aromatic carbocycles. The third kappa shape index (κ3) is 6.32. The Morgan fingerprint density at radius 3 is 2.57 bits per heavy atom. The van der Waals surface area contributed by atoms with Crippen molar-refractivity contribution in [3.05, 3.63) is 62.9 Å². The lowest BCUT2D eigenvalue weighted by Gasteiger charge is -2.30. The van der Waals surface area contributed by atoms with Crippen LogP contribution in [0.4, 0.5) is 5.69 Å². The van der Waals surface area contributed by atoms with Gasteiger partial charge in [0.2, 0.25) is 17.6 Å². The number of carbonyl (C=O) groups is 2. The molecular formula is C24H23Cl3N4O4. The van der Waals surface area contributed by atoms with Gasteiger partial charge < -0.3 is 14.6 Å². The number of hydrogen-bond donors (Lipinski definition) is 1. The summed E-state index contributed by atoms with van der Waals surface area (Å²) in [6, 6.07) is 9.85. The average Bonchev–Trinajstić information content (AvgIpc) is 3.27. The van der Waals surface area contributed by atoms with E-state index in [1.165, 1.54) is 0 Å². The zero-order valence-corrected chi connectivity index (χ0v) is 21.2. The van der Waals surface area contributed by atoms with E-state index in [1.807, 2.05) is 0 Å². The highest BCUT2D eigenvalue weighted by Gasteiger charge is 2.26. The molecule has 0 atom stereocenters. The Balaban J connectivity index is 1.29. The molecule has 0 spiro atoms. The number of hydrogen-bond acceptors (Lipinski definition) is 7. The van der Waals surface area contributed by atoms with Gasteiger partial charge in [-0.3, -0.25) is 9.69 Å². The number of ether oxygens (including phenoxy) is 1. The molecule has 1 aliphatic rings. The Bertz CT molecular complexity index is 1230. The van der Waals surface area contributed by atoms with Gasteiger partial charge in [-0.2, -0.15) is 4.98 Å². The number of carbonyl (C=O) groups excluding carboxylic acids is 2. The maximum absolute atomic E-state index is 12.8. The van der Waals surface area contributed by atoms with Crippen molar-refractivity contribution in [3.8, 4) is 11.4 Å². The SMILES string of the molecule is CCOC(=O)c1ccc(NC(=O)C2CCN(Cc3nc(-c4ccc(Cl)cc4Cl)no3)CC2)cc1Cl. The van der Waals surface area contributed by atoms with E-state index in [0.717, 1.165) is 0 Å². The molecule has 1 aliphatic heterocycles. The summed E-state index contributed by atoms with van der Waals surface area (Å²) < 4.78 is 10.4. The molecule has 0 unspecified atom stereocenters. The molecule has 0 radical (unpaired) electrons. The lowest BCUT2D eigenvalue weighted by atomic mass is 9.96. The molecule has 3 aromatic rings. The molecule has 184 valence electrons. The maximum atomic E-state index is 12.8. The lowest BCUT2D eigenvalue weighted by molar-refractivity contribution is -0.121. The number of piperidine rings is 1. The molecule has 0 bridgehead atoms. The summed E-state index contributed by atoms with van der Waals surface area (Å²) in [5.74, 6) is 0.170. The largest absolute Gasteiger partial charge is 0.462 e. The van der Waals surface area contributed by atoms with Crippen LogP contribution in [0.25, 0.3) is 11.4 Å². The molecule has 4 rings (SSSR count). The van der Waals surface area contributed by atoms with Crippen LogP contribution in [0.3, 0.4) is 0 Å². The predicted octanol–water partition coefficient (Wildman–Crippen LogP) is 5.72. The van der Waals surface area contributed by atoms with E-state index >= 15 is 0 Å². The van der Waals surface area contributed by atoms with Crippen LogP contribution < -0.4 is 5.32 Å². The number of esters is 1. The molecule has 11 heteroatoms. The fourth-order valence-electron chi connectivity index (χ4n) is 3.86. The summed E-state index contributed by atoms with van der Waals surface area (Å²) in [7, 11) is 0. The third-order valence-electron chi connectivity index (χ3n) is 5.69. The van der Waals surface area contributed by atoms with Crippen LogP contribution in [-0.2, 0) is 16.1 Å². The van der Waals surface area contributed by atoms with E-state index in [9.17, 15) is 9.59 Å². The minimum Gasteiger partial charge on any atom is -0.462 e. The summed E-state index contributed by atoms with van der Waals surface area (Å²) >= 11 is 18.4. The standard InChI is InChI=1S/C24H23Cl3N4O4/c1-2-34-24(33)18-6-4-16(12-20(18)27)28-23(32)14-7-9-31(10-8-14)13-21-29-22(30-35-21)17-5-3-15(25)11-19(17)26/h3-6,11-12,14H,2,7-10,13H2,1H3,(H,28,32). The summed E-state index contributed by atoms with van der Waals surface area (Å²) in [5, 5.41) is 8.13. The van der Waals surface area contributed by atoms with Gasteiger partial charge in [0.25, 0.3) is 0 Å². The second-order valence-electron chi connectivity index (χ2n) is 8.09. The van der Waals surface area contributed by atoms with E-state index in [1.54, 1.807) is 43.3 Å². The minimum atomic E-state index is -0.493. The van der Waals surface area contributed by atoms with Crippen molar-refractivity contribution in [2.24, 2.45) is 5.92 Å². The number of likely N-dealkylation sites (tertiary alicyclic amines) is 1. The molecule has 8 nitrogen and oxygen atoms in total. The molecule has 0 saturated carbocycles. The molecule has 1 fully saturated rings. The van der Waals surface area contributed by atoms with Gasteiger partial charge in [-0.15, -0.1) is 0 Å². The normalized spacial score (nSPS) is 14.6. The highest BCUT2D eigenvalue weighted by molar-refractivity contribution is 6.36. The van der Waals surface area contributed by atoms with Gasteiger partial charge in [-0.1, -0.05) is 40.0 Å². The Hall–Kier alpha value is -2.65. The quantitative estimate of drug-likeness (QED) is 0.385. The van der Waals surface area contributed by atoms with Crippen molar-refractivity contribution in [2.45, 2.75) is 26.3 Å². The first-order chi connectivity index (χ1) is 16.8. The smallest absolute Gasteiger partial charge is 0.339 e. The highest BCUT2D eigenvalue weighted by Crippen LogP contribution is 2.29. The Morgan fingerprint density at radius 1 is 1.11 bits per heavy atom. The summed E-state index contributed by atoms with van der Waals surface area (Å²) in [6.07, 6.45) is 1.37. The molecule has 35 heavy (non-hydrogen) atoms. The fraction of sp³-hybridized carbons (Fsp3) is 0.333. The Labute approximate surface area is 217 Å². The summed E-state index contributed by atoms with van der Waals surface area (Å²) in [4.78, 5) is 31.2. The van der Waals surface area contributed by atoms with Gasteiger partial charge in [-0.25, -0.2) is 4.79 Å². The molecule has 1 amide bonds. The van der Waals surface area contributed by atoms with Crippen LogP contribution in [0.1, 0.15) is 36.0 Å². The van der Waals surface area contributed by atoms with Gasteiger partial charge in [0.1, 0.15) is 0 Å². The van der Waals surface area contributed by atoms with Crippen molar-refractivity contribution < 1.29 is 18.8 Å². The van der Waals surface area contributed by atoms with E-state index in [2.05, 4.69) is 20.4 Å². The molecular weight excluding hydrogens is 515 g/mol. The van der Waals surface area contributed by atoms with Crippen molar-refractivity contribution >= 4 is 52.4 Å². The van der Waals surface area contributed by atoms with Gasteiger partial charge in [0, 0.05) is 22.2 Å². The van der Waals surface area contributed by atoms with Crippen molar-refractivity contribution in [1.82, 2.24) is 15.0 Å². The zero-order chi connectivity index (χ0) is 24.9. The van der Waals surface area contributed by atoms with Crippen LogP contribution in [-0.4, -0.2) is 46.6 Å². The second-order valence-corrected chi connectivity index (χ2v) is 9.34. The Morgan fingerprint density at radius 2 is 1.89 bits per heavy atom. The van der Waals surface area contributed by atoms with Crippen molar-refractivity contribution in [1.29, 1.82) is 0 Å².